The van der Waals surface area contributed by atoms with Gasteiger partial charge in [-0.2, -0.15) is 0 Å². The van der Waals surface area contributed by atoms with Gasteiger partial charge in [-0.25, -0.2) is 4.85 Å². The van der Waals surface area contributed by atoms with Crippen LogP contribution in [-0.2, 0) is 14.4 Å². The molecule has 0 aliphatic heterocycles. The van der Waals surface area contributed by atoms with Gasteiger partial charge in [0.1, 0.15) is 0 Å². The number of Topliss-reactive ketones (excluding diaryl/α,β-unsaturated/α-hetero) is 1. The predicted molar refractivity (Wildman–Crippen MR) is 144 cm³/mol. The summed E-state index contributed by atoms with van der Waals surface area (Å²) < 4.78 is 0. The normalized spacial score (nSPS) is 45.6. The minimum absolute atomic E-state index is 0.00190. The molecule has 5 aliphatic carbocycles. The molecule has 1 amide bonds. The highest BCUT2D eigenvalue weighted by Gasteiger charge is 2.69. The maximum Gasteiger partial charge on any atom is 0.226 e. The van der Waals surface area contributed by atoms with Gasteiger partial charge in [0, 0.05) is 29.2 Å². The van der Waals surface area contributed by atoms with Crippen LogP contribution in [0.5, 0.6) is 0 Å². The molecule has 1 N–H and O–H groups in total. The van der Waals surface area contributed by atoms with Crippen molar-refractivity contribution in [1.82, 2.24) is 5.32 Å². The zero-order valence-electron chi connectivity index (χ0n) is 24.0. The van der Waals surface area contributed by atoms with Crippen molar-refractivity contribution in [3.63, 3.8) is 0 Å². The van der Waals surface area contributed by atoms with Gasteiger partial charge in [-0.15, -0.1) is 0 Å². The molecule has 0 aromatic rings. The lowest BCUT2D eigenvalue weighted by molar-refractivity contribution is -0.163. The maximum atomic E-state index is 14.4. The van der Waals surface area contributed by atoms with Crippen molar-refractivity contribution in [2.45, 2.75) is 106 Å². The number of amides is 1. The SMILES string of the molecule is [C-]#[N+]C1=C[C@]2(C)C3=CC(=O)C4C5CC(C)(C)CC[C@]5(NC(C)=O)CC[C@@]4(C)[C@]3(C)CC[C@H]2C(C)(C)C1=O. The number of hydrogen-bond acceptors (Lipinski definition) is 3. The third kappa shape index (κ3) is 3.29. The van der Waals surface area contributed by atoms with Crippen LogP contribution in [0.15, 0.2) is 23.4 Å². The number of fused-ring (bicyclic) bond motifs is 7. The molecule has 3 fully saturated rings. The smallest absolute Gasteiger partial charge is 0.226 e. The zero-order valence-corrected chi connectivity index (χ0v) is 24.0. The summed E-state index contributed by atoms with van der Waals surface area (Å²) in [7, 11) is 0. The van der Waals surface area contributed by atoms with Gasteiger partial charge in [0.15, 0.2) is 11.6 Å². The van der Waals surface area contributed by atoms with E-state index in [0.717, 1.165) is 50.5 Å². The highest BCUT2D eigenvalue weighted by atomic mass is 16.1. The van der Waals surface area contributed by atoms with Crippen molar-refractivity contribution < 1.29 is 14.4 Å². The maximum absolute atomic E-state index is 14.4. The van der Waals surface area contributed by atoms with E-state index in [-0.39, 0.29) is 62.7 Å². The van der Waals surface area contributed by atoms with E-state index in [0.29, 0.717) is 0 Å². The number of nitrogens with zero attached hydrogens (tertiary/aromatic N) is 1. The average molecular weight is 505 g/mol. The molecule has 3 saturated carbocycles. The second-order valence-corrected chi connectivity index (χ2v) is 15.1. The molecule has 0 bridgehead atoms. The zero-order chi connectivity index (χ0) is 27.4. The van der Waals surface area contributed by atoms with Gasteiger partial charge in [0.05, 0.1) is 6.57 Å². The monoisotopic (exact) mass is 504 g/mol. The molecular formula is C32H44N2O3. The number of rotatable bonds is 1. The first kappa shape index (κ1) is 26.4. The standard InChI is InChI=1S/C32H44N2O3/c1-19(35)34-32-14-12-27(2,3)17-20(32)25-22(36)16-24-29(6)18-21(33-9)26(37)28(4,5)23(29)10-11-30(24,7)31(25,8)13-15-32/h16,18,20,23,25H,10-15,17H2,1-8H3,(H,34,35)/t20?,23-,25?,29-,30+,31+,32-/m0/s1. The molecule has 0 spiro atoms. The number of carbonyl (C=O) groups is 3. The highest BCUT2D eigenvalue weighted by molar-refractivity contribution is 6.03. The molecule has 0 aromatic heterocycles. The minimum atomic E-state index is -0.646. The van der Waals surface area contributed by atoms with Crippen LogP contribution >= 0.6 is 0 Å². The van der Waals surface area contributed by atoms with Gasteiger partial charge in [0.25, 0.3) is 0 Å². The van der Waals surface area contributed by atoms with Gasteiger partial charge < -0.3 is 10.1 Å². The van der Waals surface area contributed by atoms with Crippen molar-refractivity contribution in [2.75, 3.05) is 0 Å². The summed E-state index contributed by atoms with van der Waals surface area (Å²) in [6, 6.07) is 0. The fourth-order valence-corrected chi connectivity index (χ4v) is 10.2. The van der Waals surface area contributed by atoms with Gasteiger partial charge >= 0.3 is 0 Å². The summed E-state index contributed by atoms with van der Waals surface area (Å²) in [5.74, 6) is 0.123. The van der Waals surface area contributed by atoms with Crippen molar-refractivity contribution in [3.05, 3.63) is 34.8 Å². The van der Waals surface area contributed by atoms with E-state index in [1.165, 1.54) is 0 Å². The topological polar surface area (TPSA) is 67.6 Å². The largest absolute Gasteiger partial charge is 0.351 e. The van der Waals surface area contributed by atoms with Gasteiger partial charge in [-0.3, -0.25) is 9.59 Å². The number of nitrogens with one attached hydrogen (secondary N) is 1. The molecule has 0 radical (unpaired) electrons. The van der Waals surface area contributed by atoms with Gasteiger partial charge in [0.2, 0.25) is 11.6 Å². The average Bonchev–Trinajstić information content (AvgIpc) is 2.78. The lowest BCUT2D eigenvalue weighted by Gasteiger charge is -2.69. The summed E-state index contributed by atoms with van der Waals surface area (Å²) in [5.41, 5.74) is -0.472. The van der Waals surface area contributed by atoms with E-state index < -0.39 is 10.8 Å². The predicted octanol–water partition coefficient (Wildman–Crippen LogP) is 6.45. The summed E-state index contributed by atoms with van der Waals surface area (Å²) >= 11 is 0. The van der Waals surface area contributed by atoms with E-state index in [4.69, 9.17) is 6.57 Å². The summed E-state index contributed by atoms with van der Waals surface area (Å²) in [6.45, 7) is 24.8. The Balaban J connectivity index is 1.69. The van der Waals surface area contributed by atoms with E-state index in [9.17, 15) is 14.4 Å². The number of allylic oxidation sites excluding steroid dienone is 4. The Hall–Kier alpha value is -2.22. The molecule has 0 heterocycles. The van der Waals surface area contributed by atoms with E-state index in [1.54, 1.807) is 6.92 Å². The molecule has 5 heteroatoms. The first-order chi connectivity index (χ1) is 17.0. The first-order valence-electron chi connectivity index (χ1n) is 14.2. The second kappa shape index (κ2) is 7.67. The second-order valence-electron chi connectivity index (χ2n) is 15.1. The number of hydrogen-bond donors (Lipinski definition) is 1. The van der Waals surface area contributed by atoms with Crippen molar-refractivity contribution in [2.24, 2.45) is 44.8 Å². The van der Waals surface area contributed by atoms with Crippen LogP contribution in [0.4, 0.5) is 0 Å². The molecule has 2 unspecified atom stereocenters. The molecule has 37 heavy (non-hydrogen) atoms. The van der Waals surface area contributed by atoms with Crippen molar-refractivity contribution in [1.29, 1.82) is 0 Å². The van der Waals surface area contributed by atoms with E-state index >= 15 is 0 Å². The summed E-state index contributed by atoms with van der Waals surface area (Å²) in [4.78, 5) is 43.7. The minimum Gasteiger partial charge on any atom is -0.351 e. The fraction of sp³-hybridized carbons (Fsp3) is 0.750. The summed E-state index contributed by atoms with van der Waals surface area (Å²) in [6.07, 6.45) is 10.4. The molecular weight excluding hydrogens is 460 g/mol. The molecule has 200 valence electrons. The Morgan fingerprint density at radius 1 is 1.00 bits per heavy atom. The quantitative estimate of drug-likeness (QED) is 0.417. The van der Waals surface area contributed by atoms with Crippen LogP contribution in [-0.4, -0.2) is 23.0 Å². The molecule has 0 saturated heterocycles. The van der Waals surface area contributed by atoms with E-state index in [1.807, 2.05) is 26.0 Å². The fourth-order valence-electron chi connectivity index (χ4n) is 10.2. The summed E-state index contributed by atoms with van der Waals surface area (Å²) in [5, 5.41) is 3.38. The van der Waals surface area contributed by atoms with Crippen molar-refractivity contribution >= 4 is 17.5 Å². The number of ketones is 2. The van der Waals surface area contributed by atoms with Crippen LogP contribution in [0.25, 0.3) is 4.85 Å². The molecule has 0 aromatic carbocycles. The third-order valence-corrected chi connectivity index (χ3v) is 12.3. The van der Waals surface area contributed by atoms with Crippen molar-refractivity contribution in [3.8, 4) is 0 Å². The molecule has 5 rings (SSSR count). The third-order valence-electron chi connectivity index (χ3n) is 12.3. The van der Waals surface area contributed by atoms with Gasteiger partial charge in [-0.05, 0) is 79.1 Å². The first-order valence-corrected chi connectivity index (χ1v) is 14.2. The van der Waals surface area contributed by atoms with Crippen LogP contribution in [0.3, 0.4) is 0 Å². The Labute approximate surface area is 222 Å². The number of carbonyl (C=O) groups excluding carboxylic acids is 3. The van der Waals surface area contributed by atoms with Crippen LogP contribution < -0.4 is 5.32 Å². The molecule has 5 nitrogen and oxygen atoms in total. The lowest BCUT2D eigenvalue weighted by Crippen LogP contribution is -2.69. The Morgan fingerprint density at radius 2 is 1.65 bits per heavy atom. The molecule has 7 atom stereocenters. The Kier molecular flexibility index (Phi) is 5.47. The Morgan fingerprint density at radius 3 is 2.27 bits per heavy atom. The highest BCUT2D eigenvalue weighted by Crippen LogP contribution is 2.73. The Bertz CT molecular complexity index is 1200. The lowest BCUT2D eigenvalue weighted by atomic mass is 9.35. The van der Waals surface area contributed by atoms with E-state index in [2.05, 4.69) is 44.8 Å². The molecule has 5 aliphatic rings. The van der Waals surface area contributed by atoms with Crippen LogP contribution in [0, 0.1) is 51.4 Å². The van der Waals surface area contributed by atoms with Gasteiger partial charge in [-0.1, -0.05) is 60.1 Å². The van der Waals surface area contributed by atoms with Crippen LogP contribution in [0.1, 0.15) is 100 Å². The van der Waals surface area contributed by atoms with Crippen LogP contribution in [0.2, 0.25) is 0 Å².